The molecule has 25 heavy (non-hydrogen) atoms. The molecule has 0 unspecified atom stereocenters. The highest BCUT2D eigenvalue weighted by molar-refractivity contribution is 5.92. The van der Waals surface area contributed by atoms with Crippen molar-refractivity contribution in [3.05, 3.63) is 65.1 Å². The molecule has 0 amide bonds. The van der Waals surface area contributed by atoms with Crippen molar-refractivity contribution >= 4 is 23.1 Å². The number of nitrogens with one attached hydrogen (secondary N) is 2. The topological polar surface area (TPSA) is 70.2 Å². The highest BCUT2D eigenvalue weighted by atomic mass is 19.1. The second-order valence-corrected chi connectivity index (χ2v) is 5.62. The van der Waals surface area contributed by atoms with Crippen LogP contribution in [-0.4, -0.2) is 25.4 Å². The van der Waals surface area contributed by atoms with Crippen molar-refractivity contribution in [3.8, 4) is 11.4 Å². The van der Waals surface area contributed by atoms with Crippen molar-refractivity contribution in [2.45, 2.75) is 6.92 Å². The average molecular weight is 337 g/mol. The second kappa shape index (κ2) is 5.94. The predicted octanol–water partition coefficient (Wildman–Crippen LogP) is 4.11. The lowest BCUT2D eigenvalue weighted by Gasteiger charge is -1.99. The molecule has 0 saturated heterocycles. The lowest BCUT2D eigenvalue weighted by Crippen LogP contribution is -1.87. The molecule has 0 fully saturated rings. The Hall–Kier alpha value is -3.35. The second-order valence-electron chi connectivity index (χ2n) is 5.62. The van der Waals surface area contributed by atoms with Gasteiger partial charge in [-0.25, -0.2) is 13.8 Å². The third-order valence-corrected chi connectivity index (χ3v) is 3.82. The smallest absolute Gasteiger partial charge is 0.184 e. The van der Waals surface area contributed by atoms with Crippen molar-refractivity contribution in [3.63, 3.8) is 0 Å². The monoisotopic (exact) mass is 337 g/mol. The summed E-state index contributed by atoms with van der Waals surface area (Å²) in [4.78, 5) is 4.17. The van der Waals surface area contributed by atoms with Gasteiger partial charge in [0, 0.05) is 11.5 Å². The summed E-state index contributed by atoms with van der Waals surface area (Å²) >= 11 is 0. The number of aryl methyl sites for hydroxylation is 1. The van der Waals surface area contributed by atoms with Crippen molar-refractivity contribution in [1.29, 1.82) is 0 Å². The maximum absolute atomic E-state index is 14.3. The van der Waals surface area contributed by atoms with E-state index in [0.717, 1.165) is 10.9 Å². The minimum Gasteiger partial charge on any atom is -0.277 e. The summed E-state index contributed by atoms with van der Waals surface area (Å²) in [6.45, 7) is 1.75. The van der Waals surface area contributed by atoms with Crippen LogP contribution in [0.4, 0.5) is 8.78 Å². The van der Waals surface area contributed by atoms with Crippen LogP contribution in [0.1, 0.15) is 17.1 Å². The molecule has 0 aliphatic heterocycles. The van der Waals surface area contributed by atoms with Gasteiger partial charge >= 0.3 is 0 Å². The van der Waals surface area contributed by atoms with E-state index in [1.165, 1.54) is 18.2 Å². The summed E-state index contributed by atoms with van der Waals surface area (Å²) in [5, 5.41) is 14.5. The molecule has 2 N–H and O–H groups in total. The summed E-state index contributed by atoms with van der Waals surface area (Å²) in [5.74, 6) is 0.193. The van der Waals surface area contributed by atoms with E-state index in [-0.39, 0.29) is 5.82 Å². The largest absolute Gasteiger partial charge is 0.277 e. The summed E-state index contributed by atoms with van der Waals surface area (Å²) in [6.07, 6.45) is 3.60. The number of H-pyrrole nitrogens is 2. The van der Waals surface area contributed by atoms with Crippen LogP contribution in [0.2, 0.25) is 0 Å². The molecule has 2 aromatic heterocycles. The number of aromatic nitrogens is 5. The van der Waals surface area contributed by atoms with Crippen LogP contribution < -0.4 is 0 Å². The molecule has 4 rings (SSSR count). The summed E-state index contributed by atoms with van der Waals surface area (Å²) < 4.78 is 27.3. The van der Waals surface area contributed by atoms with Crippen LogP contribution in [0.15, 0.2) is 36.4 Å². The first kappa shape index (κ1) is 15.2. The lowest BCUT2D eigenvalue weighted by atomic mass is 10.1. The number of rotatable bonds is 3. The fraction of sp³-hybridized carbons (Fsp3) is 0.0556. The highest BCUT2D eigenvalue weighted by Gasteiger charge is 2.14. The van der Waals surface area contributed by atoms with Gasteiger partial charge in [0.1, 0.15) is 17.5 Å². The van der Waals surface area contributed by atoms with Gasteiger partial charge in [-0.3, -0.25) is 10.2 Å². The van der Waals surface area contributed by atoms with Gasteiger partial charge < -0.3 is 0 Å². The zero-order valence-electron chi connectivity index (χ0n) is 13.2. The van der Waals surface area contributed by atoms with Gasteiger partial charge in [-0.1, -0.05) is 18.2 Å². The van der Waals surface area contributed by atoms with Gasteiger partial charge in [-0.2, -0.15) is 10.2 Å². The van der Waals surface area contributed by atoms with E-state index in [4.69, 9.17) is 0 Å². The molecule has 0 atom stereocenters. The van der Waals surface area contributed by atoms with Crippen LogP contribution in [-0.2, 0) is 0 Å². The Labute approximate surface area is 141 Å². The van der Waals surface area contributed by atoms with Gasteiger partial charge in [0.15, 0.2) is 5.82 Å². The summed E-state index contributed by atoms with van der Waals surface area (Å²) in [6, 6.07) is 9.16. The molecular formula is C18H13F2N5. The summed E-state index contributed by atoms with van der Waals surface area (Å²) in [5.41, 5.74) is 2.36. The molecule has 124 valence electrons. The summed E-state index contributed by atoms with van der Waals surface area (Å²) in [7, 11) is 0. The van der Waals surface area contributed by atoms with Crippen LogP contribution in [0.3, 0.4) is 0 Å². The van der Waals surface area contributed by atoms with E-state index in [2.05, 4.69) is 25.4 Å². The molecule has 2 aromatic carbocycles. The standard InChI is InChI=1S/C18H13F2N5/c1-10-21-18(25-22-10)13-8-14-16(23-24-17(14)9-15(13)20)7-4-11-2-5-12(19)6-3-11/h2-9H,1H3,(H,23,24)(H,21,22,25)/b7-4+. The van der Waals surface area contributed by atoms with Crippen LogP contribution >= 0.6 is 0 Å². The minimum absolute atomic E-state index is 0.288. The SMILES string of the molecule is Cc1nc(-c2cc3c(/C=C/c4ccc(F)cc4)n[nH]c3cc2F)n[nH]1. The van der Waals surface area contributed by atoms with Crippen molar-refractivity contribution in [2.24, 2.45) is 0 Å². The van der Waals surface area contributed by atoms with Gasteiger partial charge in [0.25, 0.3) is 0 Å². The predicted molar refractivity (Wildman–Crippen MR) is 91.5 cm³/mol. The van der Waals surface area contributed by atoms with E-state index in [0.29, 0.717) is 28.4 Å². The Bertz CT molecular complexity index is 1080. The number of hydrogen-bond acceptors (Lipinski definition) is 3. The van der Waals surface area contributed by atoms with Crippen LogP contribution in [0.25, 0.3) is 34.4 Å². The molecule has 0 radical (unpaired) electrons. The molecule has 0 bridgehead atoms. The first-order chi connectivity index (χ1) is 12.1. The molecular weight excluding hydrogens is 324 g/mol. The first-order valence-corrected chi connectivity index (χ1v) is 7.61. The lowest BCUT2D eigenvalue weighted by molar-refractivity contribution is 0.627. The third-order valence-electron chi connectivity index (χ3n) is 3.82. The Morgan fingerprint density at radius 1 is 0.960 bits per heavy atom. The van der Waals surface area contributed by atoms with E-state index in [9.17, 15) is 8.78 Å². The van der Waals surface area contributed by atoms with Gasteiger partial charge in [-0.05, 0) is 36.8 Å². The highest BCUT2D eigenvalue weighted by Crippen LogP contribution is 2.27. The average Bonchev–Trinajstić information content (AvgIpc) is 3.19. The molecule has 5 nitrogen and oxygen atoms in total. The van der Waals surface area contributed by atoms with E-state index in [1.54, 1.807) is 31.2 Å². The van der Waals surface area contributed by atoms with E-state index >= 15 is 0 Å². The van der Waals surface area contributed by atoms with Crippen LogP contribution in [0, 0.1) is 18.6 Å². The van der Waals surface area contributed by atoms with Gasteiger partial charge in [0.05, 0.1) is 16.8 Å². The van der Waals surface area contributed by atoms with Crippen molar-refractivity contribution in [1.82, 2.24) is 25.4 Å². The number of aromatic amines is 2. The maximum atomic E-state index is 14.3. The zero-order valence-corrected chi connectivity index (χ0v) is 13.2. The van der Waals surface area contributed by atoms with Gasteiger partial charge in [0.2, 0.25) is 0 Å². The number of fused-ring (bicyclic) bond motifs is 1. The van der Waals surface area contributed by atoms with Crippen molar-refractivity contribution < 1.29 is 8.78 Å². The van der Waals surface area contributed by atoms with Crippen LogP contribution in [0.5, 0.6) is 0 Å². The van der Waals surface area contributed by atoms with E-state index in [1.807, 2.05) is 6.08 Å². The number of halogens is 2. The quantitative estimate of drug-likeness (QED) is 0.591. The Balaban J connectivity index is 1.76. The molecule has 0 spiro atoms. The molecule has 0 aliphatic rings. The molecule has 4 aromatic rings. The Kier molecular flexibility index (Phi) is 3.61. The number of benzene rings is 2. The number of nitrogens with zero attached hydrogens (tertiary/aromatic N) is 3. The molecule has 0 saturated carbocycles. The Morgan fingerprint density at radius 3 is 2.48 bits per heavy atom. The molecule has 7 heteroatoms. The molecule has 2 heterocycles. The first-order valence-electron chi connectivity index (χ1n) is 7.61. The van der Waals surface area contributed by atoms with Crippen molar-refractivity contribution in [2.75, 3.05) is 0 Å². The van der Waals surface area contributed by atoms with E-state index < -0.39 is 5.82 Å². The normalized spacial score (nSPS) is 11.6. The fourth-order valence-corrected chi connectivity index (χ4v) is 2.57. The van der Waals surface area contributed by atoms with Gasteiger partial charge in [-0.15, -0.1) is 0 Å². The fourth-order valence-electron chi connectivity index (χ4n) is 2.57. The zero-order chi connectivity index (χ0) is 17.4. The molecule has 0 aliphatic carbocycles. The number of hydrogen-bond donors (Lipinski definition) is 2. The maximum Gasteiger partial charge on any atom is 0.184 e. The minimum atomic E-state index is -0.427. The Morgan fingerprint density at radius 2 is 1.76 bits per heavy atom. The third kappa shape index (κ3) is 2.91.